The highest BCUT2D eigenvalue weighted by molar-refractivity contribution is 7.92. The highest BCUT2D eigenvalue weighted by atomic mass is 35.5. The van der Waals surface area contributed by atoms with Crippen LogP contribution < -0.4 is 9.62 Å². The van der Waals surface area contributed by atoms with Gasteiger partial charge < -0.3 is 10.2 Å². The summed E-state index contributed by atoms with van der Waals surface area (Å²) in [7, 11) is -3.57. The summed E-state index contributed by atoms with van der Waals surface area (Å²) in [6.45, 7) is 6.11. The fourth-order valence-corrected chi connectivity index (χ4v) is 5.74. The summed E-state index contributed by atoms with van der Waals surface area (Å²) < 4.78 is 26.6. The summed E-state index contributed by atoms with van der Waals surface area (Å²) in [5, 5.41) is 3.56. The second kappa shape index (κ2) is 15.0. The molecule has 220 valence electrons. The summed E-state index contributed by atoms with van der Waals surface area (Å²) >= 11 is 6.49. The van der Waals surface area contributed by atoms with E-state index < -0.39 is 16.1 Å². The predicted octanol–water partition coefficient (Wildman–Crippen LogP) is 5.75. The van der Waals surface area contributed by atoms with E-state index in [0.717, 1.165) is 29.4 Å². The molecule has 7 nitrogen and oxygen atoms in total. The van der Waals surface area contributed by atoms with E-state index in [-0.39, 0.29) is 43.8 Å². The maximum Gasteiger partial charge on any atom is 0.243 e. The van der Waals surface area contributed by atoms with E-state index in [0.29, 0.717) is 17.1 Å². The van der Waals surface area contributed by atoms with Crippen LogP contribution in [0.4, 0.5) is 5.69 Å². The number of rotatable bonds is 14. The van der Waals surface area contributed by atoms with E-state index in [4.69, 9.17) is 11.6 Å². The van der Waals surface area contributed by atoms with Crippen molar-refractivity contribution in [3.05, 3.63) is 101 Å². The monoisotopic (exact) mass is 597 g/mol. The number of nitrogens with one attached hydrogen (secondary N) is 1. The third-order valence-corrected chi connectivity index (χ3v) is 8.58. The smallest absolute Gasteiger partial charge is 0.243 e. The molecule has 0 bridgehead atoms. The average Bonchev–Trinajstić information content (AvgIpc) is 2.93. The molecule has 0 aliphatic heterocycles. The van der Waals surface area contributed by atoms with Gasteiger partial charge in [-0.15, -0.1) is 0 Å². The van der Waals surface area contributed by atoms with Gasteiger partial charge in [0.05, 0.1) is 11.9 Å². The van der Waals surface area contributed by atoms with Crippen LogP contribution in [0.1, 0.15) is 49.8 Å². The summed E-state index contributed by atoms with van der Waals surface area (Å²) in [5.74, 6) is -0.482. The summed E-state index contributed by atoms with van der Waals surface area (Å²) in [6.07, 6.45) is 2.59. The van der Waals surface area contributed by atoms with Crippen LogP contribution >= 0.6 is 11.6 Å². The van der Waals surface area contributed by atoms with Crippen LogP contribution in [0.15, 0.2) is 78.9 Å². The number of benzene rings is 3. The van der Waals surface area contributed by atoms with E-state index in [1.54, 1.807) is 17.0 Å². The van der Waals surface area contributed by atoms with Gasteiger partial charge in [-0.3, -0.25) is 13.9 Å². The predicted molar refractivity (Wildman–Crippen MR) is 166 cm³/mol. The van der Waals surface area contributed by atoms with Crippen LogP contribution in [0.2, 0.25) is 5.02 Å². The minimum Gasteiger partial charge on any atom is -0.352 e. The van der Waals surface area contributed by atoms with Crippen molar-refractivity contribution in [3.63, 3.8) is 0 Å². The first kappa shape index (κ1) is 32.2. The zero-order chi connectivity index (χ0) is 30.0. The van der Waals surface area contributed by atoms with Crippen molar-refractivity contribution in [3.8, 4) is 0 Å². The molecule has 41 heavy (non-hydrogen) atoms. The zero-order valence-electron chi connectivity index (χ0n) is 24.2. The van der Waals surface area contributed by atoms with Gasteiger partial charge in [0.15, 0.2) is 0 Å². The van der Waals surface area contributed by atoms with Crippen molar-refractivity contribution >= 4 is 39.1 Å². The highest BCUT2D eigenvalue weighted by Crippen LogP contribution is 2.23. The first-order valence-corrected chi connectivity index (χ1v) is 16.1. The number of carbonyl (C=O) groups is 2. The van der Waals surface area contributed by atoms with Crippen molar-refractivity contribution in [1.29, 1.82) is 0 Å². The number of aryl methyl sites for hydroxylation is 1. The molecule has 0 spiro atoms. The largest absolute Gasteiger partial charge is 0.352 e. The second-order valence-electron chi connectivity index (χ2n) is 10.4. The quantitative estimate of drug-likeness (QED) is 0.256. The molecule has 3 aromatic rings. The number of nitrogens with zero attached hydrogens (tertiary/aromatic N) is 2. The van der Waals surface area contributed by atoms with Crippen molar-refractivity contribution in [2.75, 3.05) is 17.1 Å². The van der Waals surface area contributed by atoms with Gasteiger partial charge in [0.2, 0.25) is 21.8 Å². The Kier molecular flexibility index (Phi) is 11.8. The van der Waals surface area contributed by atoms with Gasteiger partial charge in [-0.25, -0.2) is 8.42 Å². The molecule has 0 saturated carbocycles. The third kappa shape index (κ3) is 9.61. The van der Waals surface area contributed by atoms with Gasteiger partial charge in [-0.05, 0) is 61.6 Å². The van der Waals surface area contributed by atoms with Crippen LogP contribution in [0.3, 0.4) is 0 Å². The summed E-state index contributed by atoms with van der Waals surface area (Å²) in [4.78, 5) is 29.1. The molecule has 0 saturated heterocycles. The number of carbonyl (C=O) groups excluding carboxylic acids is 2. The molecule has 0 aliphatic carbocycles. The number of amides is 2. The van der Waals surface area contributed by atoms with Crippen LogP contribution in [0, 0.1) is 6.92 Å². The SMILES string of the molecule is CC[C@@H](C)NC(=O)[C@@H](Cc1ccccc1)N(Cc1ccccc1Cl)C(=O)CCCN(c1cccc(C)c1)S(C)(=O)=O. The van der Waals surface area contributed by atoms with E-state index in [1.165, 1.54) is 4.31 Å². The lowest BCUT2D eigenvalue weighted by Gasteiger charge is -2.33. The first-order valence-electron chi connectivity index (χ1n) is 13.9. The van der Waals surface area contributed by atoms with E-state index in [2.05, 4.69) is 5.32 Å². The zero-order valence-corrected chi connectivity index (χ0v) is 25.8. The molecule has 0 unspecified atom stereocenters. The maximum absolute atomic E-state index is 13.9. The van der Waals surface area contributed by atoms with E-state index in [9.17, 15) is 18.0 Å². The van der Waals surface area contributed by atoms with Gasteiger partial charge in [0.25, 0.3) is 0 Å². The van der Waals surface area contributed by atoms with Gasteiger partial charge in [0, 0.05) is 37.0 Å². The van der Waals surface area contributed by atoms with Gasteiger partial charge in [-0.2, -0.15) is 0 Å². The molecule has 0 radical (unpaired) electrons. The average molecular weight is 598 g/mol. The summed E-state index contributed by atoms with van der Waals surface area (Å²) in [6, 6.07) is 23.3. The molecule has 9 heteroatoms. The molecule has 1 N–H and O–H groups in total. The van der Waals surface area contributed by atoms with Crippen LogP contribution in [-0.4, -0.2) is 50.0 Å². The van der Waals surface area contributed by atoms with E-state index in [1.807, 2.05) is 87.5 Å². The van der Waals surface area contributed by atoms with Crippen molar-refractivity contribution < 1.29 is 18.0 Å². The Morgan fingerprint density at radius 3 is 2.29 bits per heavy atom. The molecule has 0 aliphatic rings. The van der Waals surface area contributed by atoms with Crippen LogP contribution in [-0.2, 0) is 32.6 Å². The number of sulfonamides is 1. The molecule has 2 atom stereocenters. The minimum absolute atomic E-state index is 0.0595. The Hall–Kier alpha value is -3.36. The second-order valence-corrected chi connectivity index (χ2v) is 12.7. The lowest BCUT2D eigenvalue weighted by molar-refractivity contribution is -0.141. The topological polar surface area (TPSA) is 86.8 Å². The molecule has 3 aromatic carbocycles. The Bertz CT molecular complexity index is 1420. The van der Waals surface area contributed by atoms with Crippen molar-refractivity contribution in [2.24, 2.45) is 0 Å². The normalized spacial score (nSPS) is 12.8. The lowest BCUT2D eigenvalue weighted by Crippen LogP contribution is -2.52. The molecule has 0 heterocycles. The number of anilines is 1. The first-order chi connectivity index (χ1) is 19.5. The molecule has 3 rings (SSSR count). The lowest BCUT2D eigenvalue weighted by atomic mass is 10.0. The number of hydrogen-bond donors (Lipinski definition) is 1. The number of hydrogen-bond acceptors (Lipinski definition) is 4. The maximum atomic E-state index is 13.9. The Labute approximate surface area is 249 Å². The van der Waals surface area contributed by atoms with Gasteiger partial charge >= 0.3 is 0 Å². The van der Waals surface area contributed by atoms with Crippen molar-refractivity contribution in [1.82, 2.24) is 10.2 Å². The van der Waals surface area contributed by atoms with E-state index >= 15 is 0 Å². The highest BCUT2D eigenvalue weighted by Gasteiger charge is 2.31. The number of halogens is 1. The standard InChI is InChI=1S/C32H40ClN3O4S/c1-5-25(3)34-32(38)30(22-26-14-7-6-8-15-26)35(23-27-16-9-10-18-29(27)33)31(37)19-12-20-36(41(4,39)40)28-17-11-13-24(2)21-28/h6-11,13-18,21,25,30H,5,12,19-20,22-23H2,1-4H3,(H,34,38)/t25-,30-/m1/s1. The molecule has 2 amide bonds. The van der Waals surface area contributed by atoms with Gasteiger partial charge in [-0.1, -0.05) is 79.2 Å². The Morgan fingerprint density at radius 2 is 1.66 bits per heavy atom. The summed E-state index contributed by atoms with van der Waals surface area (Å²) in [5.41, 5.74) is 3.16. The Morgan fingerprint density at radius 1 is 0.976 bits per heavy atom. The van der Waals surface area contributed by atoms with Crippen LogP contribution in [0.25, 0.3) is 0 Å². The van der Waals surface area contributed by atoms with Gasteiger partial charge in [0.1, 0.15) is 6.04 Å². The molecular formula is C32H40ClN3O4S. The fourth-order valence-electron chi connectivity index (χ4n) is 4.59. The molecular weight excluding hydrogens is 558 g/mol. The minimum atomic E-state index is -3.57. The van der Waals surface area contributed by atoms with Crippen LogP contribution in [0.5, 0.6) is 0 Å². The fraction of sp³-hybridized carbons (Fsp3) is 0.375. The molecule has 0 fully saturated rings. The third-order valence-electron chi connectivity index (χ3n) is 7.01. The van der Waals surface area contributed by atoms with Crippen molar-refractivity contribution in [2.45, 2.75) is 65.1 Å². The Balaban J connectivity index is 1.90. The molecule has 0 aromatic heterocycles.